The summed E-state index contributed by atoms with van der Waals surface area (Å²) in [5.74, 6) is 14.5. The number of amides is 2. The number of ether oxygens (including phenoxy) is 6. The number of nitrogens with zero attached hydrogens (tertiary/aromatic N) is 4. The maximum atomic E-state index is 13.6. The van der Waals surface area contributed by atoms with Crippen molar-refractivity contribution in [3.8, 4) is 35.2 Å². The molecule has 0 unspecified atom stereocenters. The van der Waals surface area contributed by atoms with Crippen LogP contribution >= 0.6 is 23.2 Å². The Labute approximate surface area is 614 Å². The molecule has 2 saturated heterocycles. The minimum absolute atomic E-state index is 0.118. The molecule has 12 atom stereocenters. The maximum Gasteiger partial charge on any atom is 0.264 e. The van der Waals surface area contributed by atoms with Crippen LogP contribution in [-0.2, 0) is 62.7 Å². The molecule has 4 aliphatic carbocycles. The third kappa shape index (κ3) is 15.6. The lowest BCUT2D eigenvalue weighted by atomic mass is 9.64. The molecule has 2 spiro atoms. The number of aryl methyl sites for hydroxylation is 2. The van der Waals surface area contributed by atoms with Crippen molar-refractivity contribution in [2.75, 3.05) is 129 Å². The molecule has 0 radical (unpaired) electrons. The van der Waals surface area contributed by atoms with Crippen LogP contribution in [0.4, 0.5) is 11.4 Å². The van der Waals surface area contributed by atoms with Crippen LogP contribution in [0.1, 0.15) is 135 Å². The third-order valence-electron chi connectivity index (χ3n) is 24.3. The van der Waals surface area contributed by atoms with E-state index in [1.807, 2.05) is 62.4 Å². The van der Waals surface area contributed by atoms with Gasteiger partial charge in [-0.2, -0.15) is 0 Å². The van der Waals surface area contributed by atoms with Crippen LogP contribution in [-0.4, -0.2) is 179 Å². The number of fused-ring (bicyclic) bond motifs is 8. The van der Waals surface area contributed by atoms with E-state index in [1.54, 1.807) is 40.2 Å². The second kappa shape index (κ2) is 31.1. The Morgan fingerprint density at radius 2 is 0.971 bits per heavy atom. The molecule has 10 aliphatic rings. The smallest absolute Gasteiger partial charge is 0.264 e. The zero-order valence-electron chi connectivity index (χ0n) is 59.9. The van der Waals surface area contributed by atoms with Gasteiger partial charge in [0.1, 0.15) is 22.7 Å². The molecule has 2 amide bonds. The number of hydrogen-bond acceptors (Lipinski definition) is 16. The SMILES string of the molecule is CO[C@@]1(C#CCN2CCOCC2)/C=C/C[C@H](C)[C@@H](C)S(=O)(=O)NC(=O)c2ccc3c(c2)N(C[C@@H]2CC[C@H]21)C[C@@]1(CCCc2cc(Cl)ccc21)CO3.CO[C@]1(C#CCN2CCOCC2)/C=C/C[C@H](C)[C@@H](C)S(=O)(=O)NC(=O)c2ccc3c(c2)N(C[C@@H]2CC[C@H]21)C[C@@]1(CCCc2cc(Cl)ccc21)CO3. The Bertz CT molecular complexity index is 3930. The van der Waals surface area contributed by atoms with Crippen LogP contribution in [0.3, 0.4) is 0 Å². The Hall–Kier alpha value is -6.14. The zero-order chi connectivity index (χ0) is 71.6. The van der Waals surface area contributed by atoms with Crippen LogP contribution in [0.2, 0.25) is 10.0 Å². The predicted molar refractivity (Wildman–Crippen MR) is 400 cm³/mol. The first kappa shape index (κ1) is 74.1. The number of rotatable bonds is 4. The third-order valence-corrected chi connectivity index (χ3v) is 28.6. The number of hydrogen-bond donors (Lipinski definition) is 2. The van der Waals surface area contributed by atoms with E-state index < -0.39 is 53.6 Å². The molecule has 6 aliphatic heterocycles. The summed E-state index contributed by atoms with van der Waals surface area (Å²) < 4.78 is 96.1. The van der Waals surface area contributed by atoms with Crippen molar-refractivity contribution in [1.29, 1.82) is 0 Å². The number of anilines is 2. The normalized spacial score (nSPS) is 32.9. The molecule has 0 aromatic heterocycles. The molecule has 4 fully saturated rings. The Kier molecular flexibility index (Phi) is 22.6. The average molecular weight is 1470 g/mol. The van der Waals surface area contributed by atoms with E-state index in [0.29, 0.717) is 103 Å². The minimum atomic E-state index is -3.97. The molecule has 18 nitrogen and oxygen atoms in total. The van der Waals surface area contributed by atoms with E-state index in [-0.39, 0.29) is 57.5 Å². The summed E-state index contributed by atoms with van der Waals surface area (Å²) in [5.41, 5.74) is 4.97. The van der Waals surface area contributed by atoms with Gasteiger partial charge in [-0.3, -0.25) is 19.4 Å². The van der Waals surface area contributed by atoms with Gasteiger partial charge < -0.3 is 38.2 Å². The number of sulfonamides is 2. The highest BCUT2D eigenvalue weighted by Gasteiger charge is 2.51. The number of nitrogens with one attached hydrogen (secondary N) is 2. The molecule has 4 aromatic rings. The van der Waals surface area contributed by atoms with Gasteiger partial charge in [0.15, 0.2) is 0 Å². The highest BCUT2D eigenvalue weighted by molar-refractivity contribution is 7.91. The fourth-order valence-electron chi connectivity index (χ4n) is 17.4. The summed E-state index contributed by atoms with van der Waals surface area (Å²) in [5, 5.41) is -0.140. The predicted octanol–water partition coefficient (Wildman–Crippen LogP) is 11.2. The van der Waals surface area contributed by atoms with Crippen molar-refractivity contribution in [1.82, 2.24) is 19.2 Å². The van der Waals surface area contributed by atoms with E-state index in [9.17, 15) is 26.4 Å². The topological polar surface area (TPSA) is 195 Å². The first-order valence-corrected chi connectivity index (χ1v) is 40.7. The van der Waals surface area contributed by atoms with Crippen molar-refractivity contribution in [3.63, 3.8) is 0 Å². The van der Waals surface area contributed by atoms with Gasteiger partial charge >= 0.3 is 0 Å². The molecule has 2 saturated carbocycles. The highest BCUT2D eigenvalue weighted by Crippen LogP contribution is 2.52. The summed E-state index contributed by atoms with van der Waals surface area (Å²) in [6, 6.07) is 23.0. The standard InChI is InChI=1S/2C40H50ClN3O6S/c2*1-28-7-4-16-40(48-3,17-6-18-43-19-21-49-22-20-43)35-12-9-32(35)25-44-26-39(15-5-8-30-23-33(41)11-13-34(30)39)27-50-37-14-10-31(24-36(37)44)38(45)42-51(46,47)29(28)2/h2*4,10-11,13-14,16,23-24,28-29,32,35H,5,7-9,12,15,18-22,25-27H2,1-3H3,(H,42,45)/b2*16-4+/t28-,29+,32-,35+,39-,40+;28-,29+,32-,35+,39-,40-/m00/s1. The minimum Gasteiger partial charge on any atom is -0.490 e. The molecular formula is C80H100Cl2N6O12S2. The van der Waals surface area contributed by atoms with Crippen molar-refractivity contribution in [2.45, 2.75) is 137 Å². The lowest BCUT2D eigenvalue weighted by Crippen LogP contribution is -2.52. The zero-order valence-corrected chi connectivity index (χ0v) is 63.1. The summed E-state index contributed by atoms with van der Waals surface area (Å²) in [6.07, 6.45) is 19.1. The number of allylic oxidation sites excluding steroid dienone is 2. The van der Waals surface area contributed by atoms with E-state index >= 15 is 0 Å². The molecule has 2 N–H and O–H groups in total. The van der Waals surface area contributed by atoms with Crippen LogP contribution < -0.4 is 28.7 Å². The first-order valence-electron chi connectivity index (χ1n) is 36.8. The second-order valence-electron chi connectivity index (χ2n) is 30.4. The number of benzene rings is 4. The summed E-state index contributed by atoms with van der Waals surface area (Å²) in [4.78, 5) is 36.6. The number of carbonyl (C=O) groups is 2. The lowest BCUT2D eigenvalue weighted by molar-refractivity contribution is -0.0353. The largest absolute Gasteiger partial charge is 0.490 e. The Balaban J connectivity index is 0.000000182. The highest BCUT2D eigenvalue weighted by atomic mass is 35.5. The van der Waals surface area contributed by atoms with Gasteiger partial charge in [-0.15, -0.1) is 0 Å². The fraction of sp³-hybridized carbons (Fsp3) is 0.575. The molecule has 14 rings (SSSR count). The number of carbonyl (C=O) groups excluding carboxylic acids is 2. The van der Waals surface area contributed by atoms with Crippen LogP contribution in [0, 0.1) is 59.2 Å². The second-order valence-corrected chi connectivity index (χ2v) is 35.4. The molecule has 548 valence electrons. The number of morpholine rings is 2. The van der Waals surface area contributed by atoms with Crippen molar-refractivity contribution < 1.29 is 54.8 Å². The van der Waals surface area contributed by atoms with E-state index in [1.165, 1.54) is 22.3 Å². The van der Waals surface area contributed by atoms with E-state index in [4.69, 9.17) is 51.6 Å². The Morgan fingerprint density at radius 3 is 1.35 bits per heavy atom. The van der Waals surface area contributed by atoms with Crippen LogP contribution in [0.25, 0.3) is 0 Å². The fourth-order valence-corrected chi connectivity index (χ4v) is 20.4. The number of halogens is 2. The van der Waals surface area contributed by atoms with Gasteiger partial charge in [0.2, 0.25) is 20.0 Å². The molecule has 6 heterocycles. The average Bonchev–Trinajstić information content (AvgIpc) is 1.42. The van der Waals surface area contributed by atoms with Gasteiger partial charge in [-0.25, -0.2) is 26.3 Å². The van der Waals surface area contributed by atoms with Crippen LogP contribution in [0.5, 0.6) is 11.5 Å². The number of methoxy groups -OCH3 is 2. The van der Waals surface area contributed by atoms with Crippen molar-refractivity contribution in [3.05, 3.63) is 141 Å². The van der Waals surface area contributed by atoms with Crippen molar-refractivity contribution >= 4 is 66.4 Å². The lowest BCUT2D eigenvalue weighted by Gasteiger charge is -2.48. The first-order chi connectivity index (χ1) is 49.0. The van der Waals surface area contributed by atoms with Gasteiger partial charge in [-0.05, 0) is 210 Å². The molecule has 4 aromatic carbocycles. The molecule has 4 bridgehead atoms. The van der Waals surface area contributed by atoms with E-state index in [2.05, 4.69) is 89.1 Å². The Morgan fingerprint density at radius 1 is 0.559 bits per heavy atom. The quantitative estimate of drug-likeness (QED) is 0.145. The molecule has 22 heteroatoms. The maximum absolute atomic E-state index is 13.6. The summed E-state index contributed by atoms with van der Waals surface area (Å²) in [6.45, 7) is 18.4. The monoisotopic (exact) mass is 1470 g/mol. The van der Waals surface area contributed by atoms with E-state index in [0.717, 1.165) is 112 Å². The molecular weight excluding hydrogens is 1370 g/mol. The van der Waals surface area contributed by atoms with Crippen LogP contribution in [0.15, 0.2) is 97.1 Å². The molecule has 102 heavy (non-hydrogen) atoms. The summed E-state index contributed by atoms with van der Waals surface area (Å²) >= 11 is 13.0. The van der Waals surface area contributed by atoms with Gasteiger partial charge in [0, 0.05) is 110 Å². The summed E-state index contributed by atoms with van der Waals surface area (Å²) in [7, 11) is -4.45. The van der Waals surface area contributed by atoms with Gasteiger partial charge in [-0.1, -0.05) is 85.0 Å². The van der Waals surface area contributed by atoms with Gasteiger partial charge in [0.05, 0.1) is 74.6 Å². The van der Waals surface area contributed by atoms with Crippen molar-refractivity contribution in [2.24, 2.45) is 35.5 Å². The van der Waals surface area contributed by atoms with Gasteiger partial charge in [0.25, 0.3) is 11.8 Å².